The maximum Gasteiger partial charge on any atom is 0.313 e. The molecular formula is C19H15N3O4S. The van der Waals surface area contributed by atoms with Crippen molar-refractivity contribution in [1.82, 2.24) is 5.32 Å². The third kappa shape index (κ3) is 4.41. The van der Waals surface area contributed by atoms with Gasteiger partial charge in [0, 0.05) is 9.75 Å². The van der Waals surface area contributed by atoms with E-state index in [0.717, 1.165) is 4.88 Å². The molecule has 0 aliphatic heterocycles. The highest BCUT2D eigenvalue weighted by Gasteiger charge is 2.18. The third-order valence-corrected chi connectivity index (χ3v) is 4.83. The van der Waals surface area contributed by atoms with Gasteiger partial charge in [0.1, 0.15) is 17.9 Å². The van der Waals surface area contributed by atoms with Gasteiger partial charge < -0.3 is 20.2 Å². The molecular weight excluding hydrogens is 366 g/mol. The van der Waals surface area contributed by atoms with E-state index in [1.165, 1.54) is 17.6 Å². The molecule has 0 saturated heterocycles. The summed E-state index contributed by atoms with van der Waals surface area (Å²) in [5, 5.41) is 24.2. The summed E-state index contributed by atoms with van der Waals surface area (Å²) in [5.41, 5.74) is 0.550. The molecule has 2 heterocycles. The van der Waals surface area contributed by atoms with E-state index >= 15 is 0 Å². The monoisotopic (exact) mass is 381 g/mol. The molecule has 2 aromatic heterocycles. The highest BCUT2D eigenvalue weighted by Crippen LogP contribution is 2.28. The van der Waals surface area contributed by atoms with Crippen molar-refractivity contribution in [2.24, 2.45) is 0 Å². The molecule has 3 N–H and O–H groups in total. The van der Waals surface area contributed by atoms with Crippen LogP contribution >= 0.6 is 11.3 Å². The zero-order chi connectivity index (χ0) is 19.2. The maximum atomic E-state index is 12.0. The Hall–Kier alpha value is -3.41. The topological polar surface area (TPSA) is 115 Å². The Morgan fingerprint density at radius 2 is 1.96 bits per heavy atom. The van der Waals surface area contributed by atoms with Crippen LogP contribution in [0.15, 0.2) is 59.2 Å². The van der Waals surface area contributed by atoms with E-state index in [1.54, 1.807) is 48.5 Å². The number of para-hydroxylation sites is 1. The van der Waals surface area contributed by atoms with Gasteiger partial charge in [-0.25, -0.2) is 0 Å². The zero-order valence-electron chi connectivity index (χ0n) is 14.0. The Morgan fingerprint density at radius 1 is 1.15 bits per heavy atom. The van der Waals surface area contributed by atoms with Gasteiger partial charge in [-0.3, -0.25) is 9.59 Å². The first kappa shape index (κ1) is 18.4. The first-order chi connectivity index (χ1) is 13.1. The lowest BCUT2D eigenvalue weighted by molar-refractivity contribution is -0.136. The number of nitrogens with zero attached hydrogens (tertiary/aromatic N) is 1. The second-order valence-corrected chi connectivity index (χ2v) is 6.72. The van der Waals surface area contributed by atoms with Gasteiger partial charge in [0.15, 0.2) is 0 Å². The number of thiophene rings is 1. The van der Waals surface area contributed by atoms with Crippen molar-refractivity contribution in [2.45, 2.75) is 12.6 Å². The van der Waals surface area contributed by atoms with Crippen molar-refractivity contribution in [1.29, 1.82) is 5.26 Å². The van der Waals surface area contributed by atoms with Crippen LogP contribution in [-0.2, 0) is 16.1 Å². The number of aliphatic hydroxyl groups excluding tert-OH is 1. The van der Waals surface area contributed by atoms with Crippen LogP contribution in [-0.4, -0.2) is 16.9 Å². The number of anilines is 1. The fourth-order valence-electron chi connectivity index (χ4n) is 2.34. The van der Waals surface area contributed by atoms with Gasteiger partial charge in [-0.1, -0.05) is 12.1 Å². The molecule has 1 unspecified atom stereocenters. The van der Waals surface area contributed by atoms with Gasteiger partial charge in [-0.05, 0) is 36.4 Å². The van der Waals surface area contributed by atoms with E-state index in [0.29, 0.717) is 10.6 Å². The molecule has 0 saturated carbocycles. The predicted octanol–water partition coefficient (Wildman–Crippen LogP) is 2.55. The molecule has 3 rings (SSSR count). The van der Waals surface area contributed by atoms with Gasteiger partial charge in [0.05, 0.1) is 24.1 Å². The summed E-state index contributed by atoms with van der Waals surface area (Å²) in [6.07, 6.45) is 0.608. The van der Waals surface area contributed by atoms with Crippen LogP contribution in [0.4, 0.5) is 5.69 Å². The molecule has 0 aliphatic carbocycles. The minimum Gasteiger partial charge on any atom is -0.466 e. The minimum atomic E-state index is -0.875. The van der Waals surface area contributed by atoms with Crippen LogP contribution in [0, 0.1) is 11.3 Å². The van der Waals surface area contributed by atoms with Crippen LogP contribution in [0.5, 0.6) is 0 Å². The largest absolute Gasteiger partial charge is 0.466 e. The molecule has 8 heteroatoms. The molecule has 0 radical (unpaired) electrons. The van der Waals surface area contributed by atoms with Gasteiger partial charge in [0.25, 0.3) is 0 Å². The van der Waals surface area contributed by atoms with Crippen molar-refractivity contribution in [3.8, 4) is 6.07 Å². The third-order valence-electron chi connectivity index (χ3n) is 3.69. The number of nitrogens with one attached hydrogen (secondary N) is 2. The molecule has 0 aliphatic rings. The lowest BCUT2D eigenvalue weighted by atomic mass is 10.2. The molecule has 0 fully saturated rings. The normalized spacial score (nSPS) is 11.4. The zero-order valence-corrected chi connectivity index (χ0v) is 14.8. The SMILES string of the molecule is N#Cc1ccccc1NC(=O)C(=O)NCc1ccc(C(O)c2ccco2)s1. The average Bonchev–Trinajstić information content (AvgIpc) is 3.38. The fraction of sp³-hybridized carbons (Fsp3) is 0.105. The lowest BCUT2D eigenvalue weighted by Gasteiger charge is -2.07. The quantitative estimate of drug-likeness (QED) is 0.588. The highest BCUT2D eigenvalue weighted by molar-refractivity contribution is 7.12. The number of amides is 2. The van der Waals surface area contributed by atoms with Crippen molar-refractivity contribution >= 4 is 28.8 Å². The van der Waals surface area contributed by atoms with E-state index in [-0.39, 0.29) is 17.8 Å². The summed E-state index contributed by atoms with van der Waals surface area (Å²) >= 11 is 1.30. The second-order valence-electron chi connectivity index (χ2n) is 5.52. The Balaban J connectivity index is 1.56. The van der Waals surface area contributed by atoms with Crippen LogP contribution in [0.25, 0.3) is 0 Å². The summed E-state index contributed by atoms with van der Waals surface area (Å²) in [5.74, 6) is -1.24. The Bertz CT molecular complexity index is 989. The molecule has 136 valence electrons. The average molecular weight is 381 g/mol. The van der Waals surface area contributed by atoms with Crippen molar-refractivity contribution in [2.75, 3.05) is 5.32 Å². The number of carbonyl (C=O) groups excluding carboxylic acids is 2. The number of rotatable bonds is 5. The van der Waals surface area contributed by atoms with E-state index in [2.05, 4.69) is 10.6 Å². The summed E-state index contributed by atoms with van der Waals surface area (Å²) in [4.78, 5) is 25.4. The van der Waals surface area contributed by atoms with Gasteiger partial charge in [-0.15, -0.1) is 11.3 Å². The van der Waals surface area contributed by atoms with Gasteiger partial charge in [-0.2, -0.15) is 5.26 Å². The summed E-state index contributed by atoms with van der Waals surface area (Å²) in [6.45, 7) is 0.141. The number of carbonyl (C=O) groups is 2. The second kappa shape index (κ2) is 8.31. The van der Waals surface area contributed by atoms with Crippen LogP contribution in [0.1, 0.15) is 27.2 Å². The summed E-state index contributed by atoms with van der Waals surface area (Å²) in [7, 11) is 0. The number of benzene rings is 1. The maximum absolute atomic E-state index is 12.0. The predicted molar refractivity (Wildman–Crippen MR) is 98.7 cm³/mol. The molecule has 1 aromatic carbocycles. The van der Waals surface area contributed by atoms with Gasteiger partial charge in [0.2, 0.25) is 0 Å². The molecule has 7 nitrogen and oxygen atoms in total. The molecule has 27 heavy (non-hydrogen) atoms. The molecule has 1 atom stereocenters. The van der Waals surface area contributed by atoms with Crippen LogP contribution in [0.3, 0.4) is 0 Å². The minimum absolute atomic E-state index is 0.141. The number of hydrogen-bond donors (Lipinski definition) is 3. The highest BCUT2D eigenvalue weighted by atomic mass is 32.1. The lowest BCUT2D eigenvalue weighted by Crippen LogP contribution is -2.34. The Morgan fingerprint density at radius 3 is 2.70 bits per heavy atom. The number of aliphatic hydroxyl groups is 1. The van der Waals surface area contributed by atoms with Crippen LogP contribution < -0.4 is 10.6 Å². The molecule has 0 bridgehead atoms. The smallest absolute Gasteiger partial charge is 0.313 e. The van der Waals surface area contributed by atoms with Crippen LogP contribution in [0.2, 0.25) is 0 Å². The fourth-order valence-corrected chi connectivity index (χ4v) is 3.29. The molecule has 2 amide bonds. The first-order valence-corrected chi connectivity index (χ1v) is 8.78. The van der Waals surface area contributed by atoms with E-state index in [1.807, 2.05) is 6.07 Å². The molecule has 0 spiro atoms. The molecule has 3 aromatic rings. The van der Waals surface area contributed by atoms with Crippen molar-refractivity contribution < 1.29 is 19.1 Å². The number of nitriles is 1. The van der Waals surface area contributed by atoms with E-state index < -0.39 is 17.9 Å². The first-order valence-electron chi connectivity index (χ1n) is 7.97. The summed E-state index contributed by atoms with van der Waals surface area (Å²) in [6, 6.07) is 15.2. The number of furan rings is 1. The van der Waals surface area contributed by atoms with Gasteiger partial charge >= 0.3 is 11.8 Å². The summed E-state index contributed by atoms with van der Waals surface area (Å²) < 4.78 is 5.18. The van der Waals surface area contributed by atoms with Crippen molar-refractivity contribution in [3.05, 3.63) is 75.9 Å². The number of hydrogen-bond acceptors (Lipinski definition) is 6. The van der Waals surface area contributed by atoms with E-state index in [4.69, 9.17) is 9.68 Å². The van der Waals surface area contributed by atoms with E-state index in [9.17, 15) is 14.7 Å². The van der Waals surface area contributed by atoms with Crippen molar-refractivity contribution in [3.63, 3.8) is 0 Å². The Labute approximate surface area is 158 Å². The Kier molecular flexibility index (Phi) is 5.66. The standard InChI is InChI=1S/C19H15N3O4S/c20-10-12-4-1-2-5-14(12)22-19(25)18(24)21-11-13-7-8-16(27-13)17(23)15-6-3-9-26-15/h1-9,17,23H,11H2,(H,21,24)(H,22,25).